The quantitative estimate of drug-likeness (QED) is 0.841. The van der Waals surface area contributed by atoms with Crippen molar-refractivity contribution in [2.75, 3.05) is 26.7 Å². The Labute approximate surface area is 153 Å². The van der Waals surface area contributed by atoms with Crippen molar-refractivity contribution in [1.29, 1.82) is 0 Å². The Balaban J connectivity index is 1.66. The van der Waals surface area contributed by atoms with Gasteiger partial charge in [-0.3, -0.25) is 9.59 Å². The predicted molar refractivity (Wildman–Crippen MR) is 96.0 cm³/mol. The minimum Gasteiger partial charge on any atom is -0.342 e. The third kappa shape index (κ3) is 3.76. The van der Waals surface area contributed by atoms with Gasteiger partial charge in [0.2, 0.25) is 5.89 Å². The molecule has 1 aromatic heterocycles. The average Bonchev–Trinajstić information content (AvgIpc) is 3.12. The minimum atomic E-state index is -0.0763. The van der Waals surface area contributed by atoms with Crippen LogP contribution in [0.1, 0.15) is 58.1 Å². The van der Waals surface area contributed by atoms with E-state index in [1.165, 1.54) is 0 Å². The van der Waals surface area contributed by atoms with E-state index >= 15 is 0 Å². The summed E-state index contributed by atoms with van der Waals surface area (Å²) in [6.07, 6.45) is 1.59. The molecule has 0 spiro atoms. The minimum absolute atomic E-state index is 0.0426. The number of carbonyl (C=O) groups excluding carboxylic acids is 2. The average molecular weight is 356 g/mol. The summed E-state index contributed by atoms with van der Waals surface area (Å²) in [5.74, 6) is 1.37. The molecule has 1 aromatic carbocycles. The summed E-state index contributed by atoms with van der Waals surface area (Å²) in [5.41, 5.74) is 1.09. The molecule has 7 nitrogen and oxygen atoms in total. The first-order chi connectivity index (χ1) is 12.5. The second kappa shape index (κ2) is 7.68. The van der Waals surface area contributed by atoms with E-state index in [9.17, 15) is 9.59 Å². The van der Waals surface area contributed by atoms with Crippen LogP contribution in [0, 0.1) is 6.92 Å². The van der Waals surface area contributed by atoms with E-state index in [0.717, 1.165) is 12.8 Å². The summed E-state index contributed by atoms with van der Waals surface area (Å²) in [7, 11) is 1.75. The summed E-state index contributed by atoms with van der Waals surface area (Å²) >= 11 is 0. The number of nitrogens with zero attached hydrogens (tertiary/aromatic N) is 4. The highest BCUT2D eigenvalue weighted by atomic mass is 16.5. The third-order valence-corrected chi connectivity index (χ3v) is 4.85. The van der Waals surface area contributed by atoms with E-state index in [4.69, 9.17) is 4.52 Å². The highest BCUT2D eigenvalue weighted by Gasteiger charge is 2.28. The van der Waals surface area contributed by atoms with Gasteiger partial charge >= 0.3 is 0 Å². The molecule has 138 valence electrons. The van der Waals surface area contributed by atoms with Crippen molar-refractivity contribution in [3.63, 3.8) is 0 Å². The molecular weight excluding hydrogens is 332 g/mol. The smallest absolute Gasteiger partial charge is 0.253 e. The lowest BCUT2D eigenvalue weighted by molar-refractivity contribution is 0.0704. The Morgan fingerprint density at radius 2 is 1.96 bits per heavy atom. The van der Waals surface area contributed by atoms with Crippen molar-refractivity contribution < 1.29 is 14.1 Å². The summed E-state index contributed by atoms with van der Waals surface area (Å²) < 4.78 is 5.25. The Hall–Kier alpha value is -2.70. The van der Waals surface area contributed by atoms with Gasteiger partial charge in [-0.05, 0) is 44.9 Å². The van der Waals surface area contributed by atoms with Crippen LogP contribution < -0.4 is 0 Å². The van der Waals surface area contributed by atoms with Crippen molar-refractivity contribution in [2.24, 2.45) is 0 Å². The molecule has 0 N–H and O–H groups in total. The summed E-state index contributed by atoms with van der Waals surface area (Å²) in [4.78, 5) is 32.9. The van der Waals surface area contributed by atoms with Crippen LogP contribution in [0.15, 0.2) is 28.8 Å². The van der Waals surface area contributed by atoms with Gasteiger partial charge in [0, 0.05) is 43.7 Å². The first-order valence-corrected chi connectivity index (χ1v) is 8.94. The molecule has 0 saturated carbocycles. The molecule has 0 radical (unpaired) electrons. The second-order valence-corrected chi connectivity index (χ2v) is 6.65. The molecule has 3 rings (SSSR count). The fourth-order valence-electron chi connectivity index (χ4n) is 3.14. The van der Waals surface area contributed by atoms with E-state index in [-0.39, 0.29) is 17.7 Å². The number of hydrogen-bond donors (Lipinski definition) is 0. The molecule has 2 aromatic rings. The van der Waals surface area contributed by atoms with Gasteiger partial charge in [0.1, 0.15) is 0 Å². The van der Waals surface area contributed by atoms with Gasteiger partial charge in [-0.15, -0.1) is 0 Å². The Bertz CT molecular complexity index is 794. The number of hydrogen-bond acceptors (Lipinski definition) is 5. The molecule has 1 aliphatic heterocycles. The summed E-state index contributed by atoms with van der Waals surface area (Å²) in [6, 6.07) is 6.95. The number of amides is 2. The fourth-order valence-corrected chi connectivity index (χ4v) is 3.14. The third-order valence-electron chi connectivity index (χ3n) is 4.85. The van der Waals surface area contributed by atoms with Crippen LogP contribution in [0.4, 0.5) is 0 Å². The molecule has 2 amide bonds. The maximum Gasteiger partial charge on any atom is 0.253 e. The Morgan fingerprint density at radius 1 is 1.27 bits per heavy atom. The topological polar surface area (TPSA) is 79.5 Å². The zero-order valence-corrected chi connectivity index (χ0v) is 15.4. The van der Waals surface area contributed by atoms with Crippen LogP contribution in [-0.2, 0) is 0 Å². The van der Waals surface area contributed by atoms with Gasteiger partial charge in [-0.1, -0.05) is 11.2 Å². The molecule has 0 bridgehead atoms. The summed E-state index contributed by atoms with van der Waals surface area (Å²) in [6.45, 7) is 5.62. The van der Waals surface area contributed by atoms with Crippen LogP contribution in [0.2, 0.25) is 0 Å². The van der Waals surface area contributed by atoms with Crippen molar-refractivity contribution in [3.05, 3.63) is 47.1 Å². The molecular formula is C19H24N4O3. The molecule has 0 atom stereocenters. The monoisotopic (exact) mass is 356 g/mol. The zero-order valence-electron chi connectivity index (χ0n) is 15.4. The zero-order chi connectivity index (χ0) is 18.7. The molecule has 0 unspecified atom stereocenters. The first-order valence-electron chi connectivity index (χ1n) is 8.94. The SMILES string of the molecule is CCN(C)C(=O)c1cccc(C(=O)N2CCC(c3nc(C)no3)CC2)c1. The van der Waals surface area contributed by atoms with Crippen LogP contribution in [0.25, 0.3) is 0 Å². The normalized spacial score (nSPS) is 15.1. The van der Waals surface area contributed by atoms with Gasteiger partial charge in [-0.2, -0.15) is 4.98 Å². The highest BCUT2D eigenvalue weighted by molar-refractivity contribution is 5.99. The van der Waals surface area contributed by atoms with Gasteiger partial charge in [0.05, 0.1) is 0 Å². The number of rotatable bonds is 4. The molecule has 7 heteroatoms. The molecule has 1 saturated heterocycles. The lowest BCUT2D eigenvalue weighted by atomic mass is 9.96. The molecule has 1 fully saturated rings. The van der Waals surface area contributed by atoms with E-state index in [0.29, 0.717) is 42.5 Å². The highest BCUT2D eigenvalue weighted by Crippen LogP contribution is 2.27. The van der Waals surface area contributed by atoms with Gasteiger partial charge in [0.15, 0.2) is 5.82 Å². The van der Waals surface area contributed by atoms with Crippen LogP contribution >= 0.6 is 0 Å². The number of carbonyl (C=O) groups is 2. The van der Waals surface area contributed by atoms with E-state index in [2.05, 4.69) is 10.1 Å². The van der Waals surface area contributed by atoms with Crippen molar-refractivity contribution in [3.8, 4) is 0 Å². The maximum atomic E-state index is 12.8. The Kier molecular flexibility index (Phi) is 5.35. The molecule has 2 heterocycles. The van der Waals surface area contributed by atoms with Gasteiger partial charge in [-0.25, -0.2) is 0 Å². The van der Waals surface area contributed by atoms with Crippen molar-refractivity contribution >= 4 is 11.8 Å². The van der Waals surface area contributed by atoms with Crippen LogP contribution in [-0.4, -0.2) is 58.4 Å². The van der Waals surface area contributed by atoms with Crippen LogP contribution in [0.3, 0.4) is 0 Å². The fraction of sp³-hybridized carbons (Fsp3) is 0.474. The largest absolute Gasteiger partial charge is 0.342 e. The standard InChI is InChI=1S/C19H24N4O3/c1-4-22(3)18(24)15-6-5-7-16(12-15)19(25)23-10-8-14(9-11-23)17-20-13(2)21-26-17/h5-7,12,14H,4,8-11H2,1-3H3. The van der Waals surface area contributed by atoms with Crippen molar-refractivity contribution in [2.45, 2.75) is 32.6 Å². The van der Waals surface area contributed by atoms with Crippen molar-refractivity contribution in [1.82, 2.24) is 19.9 Å². The van der Waals surface area contributed by atoms with Gasteiger partial charge in [0.25, 0.3) is 11.8 Å². The summed E-state index contributed by atoms with van der Waals surface area (Å²) in [5, 5.41) is 3.84. The lowest BCUT2D eigenvalue weighted by Crippen LogP contribution is -2.38. The van der Waals surface area contributed by atoms with Gasteiger partial charge < -0.3 is 14.3 Å². The number of piperidine rings is 1. The molecule has 0 aliphatic carbocycles. The van der Waals surface area contributed by atoms with E-state index in [1.807, 2.05) is 11.8 Å². The Morgan fingerprint density at radius 3 is 2.58 bits per heavy atom. The van der Waals surface area contributed by atoms with E-state index in [1.54, 1.807) is 43.1 Å². The number of likely N-dealkylation sites (tertiary alicyclic amines) is 1. The first kappa shape index (κ1) is 18.1. The predicted octanol–water partition coefficient (Wildman–Crippen LogP) is 2.49. The number of aryl methyl sites for hydroxylation is 1. The number of aromatic nitrogens is 2. The lowest BCUT2D eigenvalue weighted by Gasteiger charge is -2.30. The van der Waals surface area contributed by atoms with Crippen LogP contribution in [0.5, 0.6) is 0 Å². The number of benzene rings is 1. The van der Waals surface area contributed by atoms with E-state index < -0.39 is 0 Å². The second-order valence-electron chi connectivity index (χ2n) is 6.65. The molecule has 1 aliphatic rings. The molecule has 26 heavy (non-hydrogen) atoms. The maximum absolute atomic E-state index is 12.8.